The van der Waals surface area contributed by atoms with Gasteiger partial charge >= 0.3 is 17.9 Å². The van der Waals surface area contributed by atoms with Crippen LogP contribution in [0.1, 0.15) is 156 Å². The number of esters is 3. The number of carbonyl (C=O) groups excluding carboxylic acids is 3. The second-order valence-electron chi connectivity index (χ2n) is 13.3. The molecule has 302 valence electrons. The smallest absolute Gasteiger partial charge is 0.306 e. The van der Waals surface area contributed by atoms with E-state index in [9.17, 15) is 14.4 Å². The number of ether oxygens (including phenoxy) is 3. The molecule has 1 atom stereocenters. The average molecular weight is 747 g/mol. The molecule has 54 heavy (non-hydrogen) atoms. The summed E-state index contributed by atoms with van der Waals surface area (Å²) in [4.78, 5) is 37.6. The Morgan fingerprint density at radius 1 is 0.389 bits per heavy atom. The van der Waals surface area contributed by atoms with Crippen LogP contribution in [-0.2, 0) is 28.6 Å². The van der Waals surface area contributed by atoms with Gasteiger partial charge < -0.3 is 14.2 Å². The third-order valence-electron chi connectivity index (χ3n) is 8.18. The highest BCUT2D eigenvalue weighted by molar-refractivity contribution is 5.71. The fourth-order valence-electron chi connectivity index (χ4n) is 5.04. The van der Waals surface area contributed by atoms with E-state index in [4.69, 9.17) is 14.2 Å². The number of carbonyl (C=O) groups is 3. The quantitative estimate of drug-likeness (QED) is 0.0211. The molecule has 0 bridgehead atoms. The number of allylic oxidation sites excluding steroid dienone is 18. The van der Waals surface area contributed by atoms with E-state index >= 15 is 0 Å². The topological polar surface area (TPSA) is 78.9 Å². The van der Waals surface area contributed by atoms with Gasteiger partial charge in [-0.2, -0.15) is 0 Å². The van der Waals surface area contributed by atoms with Crippen LogP contribution in [0.2, 0.25) is 0 Å². The fourth-order valence-corrected chi connectivity index (χ4v) is 5.04. The van der Waals surface area contributed by atoms with Gasteiger partial charge in [-0.3, -0.25) is 14.4 Å². The molecule has 0 saturated carbocycles. The van der Waals surface area contributed by atoms with E-state index in [-0.39, 0.29) is 44.0 Å². The summed E-state index contributed by atoms with van der Waals surface area (Å²) in [6.45, 7) is 6.17. The molecule has 0 aliphatic rings. The largest absolute Gasteiger partial charge is 0.462 e. The molecule has 0 N–H and O–H groups in total. The molecule has 6 nitrogen and oxygen atoms in total. The first kappa shape index (κ1) is 50.1. The van der Waals surface area contributed by atoms with Gasteiger partial charge in [-0.25, -0.2) is 0 Å². The number of hydrogen-bond donors (Lipinski definition) is 0. The summed E-state index contributed by atoms with van der Waals surface area (Å²) < 4.78 is 16.5. The van der Waals surface area contributed by atoms with Crippen molar-refractivity contribution in [1.82, 2.24) is 0 Å². The Morgan fingerprint density at radius 2 is 0.759 bits per heavy atom. The molecule has 0 saturated heterocycles. The van der Waals surface area contributed by atoms with Crippen LogP contribution in [0.4, 0.5) is 0 Å². The molecule has 0 rings (SSSR count). The molecule has 0 radical (unpaired) electrons. The van der Waals surface area contributed by atoms with Crippen LogP contribution in [0.15, 0.2) is 109 Å². The third kappa shape index (κ3) is 39.3. The van der Waals surface area contributed by atoms with Crippen molar-refractivity contribution < 1.29 is 28.6 Å². The summed E-state index contributed by atoms with van der Waals surface area (Å²) in [7, 11) is 0. The maximum atomic E-state index is 12.7. The molecule has 0 amide bonds. The predicted molar refractivity (Wildman–Crippen MR) is 228 cm³/mol. The third-order valence-corrected chi connectivity index (χ3v) is 8.18. The Kier molecular flexibility index (Phi) is 38.8. The van der Waals surface area contributed by atoms with Gasteiger partial charge in [0.15, 0.2) is 6.10 Å². The highest BCUT2D eigenvalue weighted by Gasteiger charge is 2.19. The molecular weight excluding hydrogens is 673 g/mol. The Labute approximate surface area is 330 Å². The van der Waals surface area contributed by atoms with Gasteiger partial charge in [0.05, 0.1) is 0 Å². The summed E-state index contributed by atoms with van der Waals surface area (Å²) in [5.41, 5.74) is 0. The lowest BCUT2D eigenvalue weighted by atomic mass is 10.1. The van der Waals surface area contributed by atoms with Gasteiger partial charge in [-0.1, -0.05) is 175 Å². The summed E-state index contributed by atoms with van der Waals surface area (Å²) in [5, 5.41) is 0. The molecule has 0 aliphatic heterocycles. The highest BCUT2D eigenvalue weighted by Crippen LogP contribution is 2.11. The zero-order chi connectivity index (χ0) is 39.4. The van der Waals surface area contributed by atoms with E-state index in [1.165, 1.54) is 12.8 Å². The Balaban J connectivity index is 4.58. The van der Waals surface area contributed by atoms with Crippen molar-refractivity contribution in [3.8, 4) is 0 Å². The Bertz CT molecular complexity index is 1180. The van der Waals surface area contributed by atoms with Gasteiger partial charge in [0.25, 0.3) is 0 Å². The molecule has 0 aromatic carbocycles. The molecule has 0 aromatic rings. The molecule has 0 aromatic heterocycles. The van der Waals surface area contributed by atoms with Crippen LogP contribution in [0.25, 0.3) is 0 Å². The van der Waals surface area contributed by atoms with Crippen molar-refractivity contribution in [3.05, 3.63) is 109 Å². The van der Waals surface area contributed by atoms with Gasteiger partial charge in [0, 0.05) is 19.3 Å². The van der Waals surface area contributed by atoms with E-state index < -0.39 is 6.10 Å². The first-order chi connectivity index (χ1) is 26.5. The second kappa shape index (κ2) is 41.8. The summed E-state index contributed by atoms with van der Waals surface area (Å²) >= 11 is 0. The minimum Gasteiger partial charge on any atom is -0.462 e. The van der Waals surface area contributed by atoms with Gasteiger partial charge in [-0.05, 0) is 70.6 Å². The van der Waals surface area contributed by atoms with Crippen molar-refractivity contribution in [2.24, 2.45) is 0 Å². The Hall–Kier alpha value is -3.93. The second-order valence-corrected chi connectivity index (χ2v) is 13.3. The van der Waals surface area contributed by atoms with Crippen LogP contribution in [-0.4, -0.2) is 37.2 Å². The lowest BCUT2D eigenvalue weighted by Gasteiger charge is -2.18. The van der Waals surface area contributed by atoms with Crippen molar-refractivity contribution in [2.45, 2.75) is 162 Å². The average Bonchev–Trinajstić information content (AvgIpc) is 3.17. The zero-order valence-corrected chi connectivity index (χ0v) is 34.2. The van der Waals surface area contributed by atoms with Crippen molar-refractivity contribution >= 4 is 17.9 Å². The first-order valence-corrected chi connectivity index (χ1v) is 21.0. The predicted octanol–water partition coefficient (Wildman–Crippen LogP) is 13.2. The number of rotatable bonds is 35. The van der Waals surface area contributed by atoms with Crippen LogP contribution in [0, 0.1) is 0 Å². The molecule has 0 spiro atoms. The van der Waals surface area contributed by atoms with Gasteiger partial charge in [-0.15, -0.1) is 0 Å². The summed E-state index contributed by atoms with van der Waals surface area (Å²) in [6, 6.07) is 0. The SMILES string of the molecule is CC\C=C/C=C\C=C/C=C\C=C/CCCC(=O)OCC(COC(=O)CCCCCC/C=C\CCCC)OC(=O)CCCCCCC\C=C/C=C\C=C/CC. The molecule has 1 unspecified atom stereocenters. The monoisotopic (exact) mass is 747 g/mol. The lowest BCUT2D eigenvalue weighted by Crippen LogP contribution is -2.30. The van der Waals surface area contributed by atoms with Crippen LogP contribution >= 0.6 is 0 Å². The van der Waals surface area contributed by atoms with Crippen molar-refractivity contribution in [1.29, 1.82) is 0 Å². The zero-order valence-electron chi connectivity index (χ0n) is 34.2. The van der Waals surface area contributed by atoms with Gasteiger partial charge in [0.2, 0.25) is 0 Å². The minimum atomic E-state index is -0.821. The molecule has 6 heteroatoms. The standard InChI is InChI=1S/C48H74O6/c1-4-7-10-13-16-19-22-24-26-29-32-35-38-41-47(50)53-44-45(43-52-46(49)40-37-34-31-28-21-18-15-12-9-6-3)54-48(51)42-39-36-33-30-27-25-23-20-17-14-11-8-5-2/h7-8,10-11,13-20,22-24,26,29,32,45H,4-6,9,12,21,25,27-28,30-31,33-44H2,1-3H3/b10-7-,11-8-,16-13-,17-14-,18-15-,22-19-,23-20-,26-24-,32-29-. The van der Waals surface area contributed by atoms with E-state index in [1.54, 1.807) is 0 Å². The van der Waals surface area contributed by atoms with Crippen LogP contribution in [0.3, 0.4) is 0 Å². The first-order valence-electron chi connectivity index (χ1n) is 21.0. The van der Waals surface area contributed by atoms with E-state index in [0.717, 1.165) is 96.3 Å². The summed E-state index contributed by atoms with van der Waals surface area (Å²) in [6.07, 6.45) is 55.1. The van der Waals surface area contributed by atoms with Crippen LogP contribution in [0.5, 0.6) is 0 Å². The highest BCUT2D eigenvalue weighted by atomic mass is 16.6. The summed E-state index contributed by atoms with van der Waals surface area (Å²) in [5.74, 6) is -1.05. The normalized spacial score (nSPS) is 13.2. The number of unbranched alkanes of at least 4 members (excludes halogenated alkanes) is 12. The molecular formula is C48H74O6. The fraction of sp³-hybridized carbons (Fsp3) is 0.562. The van der Waals surface area contributed by atoms with E-state index in [0.29, 0.717) is 12.8 Å². The van der Waals surface area contributed by atoms with Gasteiger partial charge in [0.1, 0.15) is 13.2 Å². The van der Waals surface area contributed by atoms with E-state index in [1.807, 2.05) is 60.8 Å². The van der Waals surface area contributed by atoms with Crippen molar-refractivity contribution in [3.63, 3.8) is 0 Å². The Morgan fingerprint density at radius 3 is 1.26 bits per heavy atom. The molecule has 0 fully saturated rings. The molecule has 0 aliphatic carbocycles. The van der Waals surface area contributed by atoms with E-state index in [2.05, 4.69) is 69.4 Å². The number of hydrogen-bond acceptors (Lipinski definition) is 6. The molecule has 0 heterocycles. The maximum Gasteiger partial charge on any atom is 0.306 e. The minimum absolute atomic E-state index is 0.118. The maximum absolute atomic E-state index is 12.7. The van der Waals surface area contributed by atoms with Crippen molar-refractivity contribution in [2.75, 3.05) is 13.2 Å². The lowest BCUT2D eigenvalue weighted by molar-refractivity contribution is -0.167. The van der Waals surface area contributed by atoms with Crippen LogP contribution < -0.4 is 0 Å².